The van der Waals surface area contributed by atoms with Gasteiger partial charge < -0.3 is 21.1 Å². The zero-order valence-corrected chi connectivity index (χ0v) is 12.8. The van der Waals surface area contributed by atoms with Crippen molar-refractivity contribution >= 4 is 28.2 Å². The molecule has 1 amide bonds. The first kappa shape index (κ1) is 15.7. The van der Waals surface area contributed by atoms with Gasteiger partial charge in [0.25, 0.3) is 5.91 Å². The number of nitrogens with two attached hydrogens (primary N) is 1. The van der Waals surface area contributed by atoms with E-state index in [0.717, 1.165) is 0 Å². The molecule has 108 valence electrons. The third-order valence-electron chi connectivity index (χ3n) is 2.23. The van der Waals surface area contributed by atoms with Crippen LogP contribution in [0.5, 0.6) is 0 Å². The maximum absolute atomic E-state index is 12.2. The minimum absolute atomic E-state index is 0.223. The molecular weight excluding hydrogens is 264 g/mol. The first-order chi connectivity index (χ1) is 8.60. The van der Waals surface area contributed by atoms with Crippen LogP contribution in [0.2, 0.25) is 0 Å². The Balaban J connectivity index is 2.85. The Kier molecular flexibility index (Phi) is 4.75. The van der Waals surface area contributed by atoms with Gasteiger partial charge in [-0.1, -0.05) is 11.3 Å². The zero-order chi connectivity index (χ0) is 14.8. The van der Waals surface area contributed by atoms with Gasteiger partial charge >= 0.3 is 0 Å². The van der Waals surface area contributed by atoms with Crippen molar-refractivity contribution in [3.05, 3.63) is 4.88 Å². The molecule has 0 fully saturated rings. The highest BCUT2D eigenvalue weighted by Gasteiger charge is 2.24. The molecule has 4 N–H and O–H groups in total. The van der Waals surface area contributed by atoms with E-state index in [0.29, 0.717) is 10.0 Å². The van der Waals surface area contributed by atoms with Gasteiger partial charge in [0.15, 0.2) is 5.13 Å². The van der Waals surface area contributed by atoms with E-state index in [1.54, 1.807) is 20.9 Å². The summed E-state index contributed by atoms with van der Waals surface area (Å²) < 4.78 is 0. The molecule has 7 heteroatoms. The maximum atomic E-state index is 12.2. The van der Waals surface area contributed by atoms with Crippen LogP contribution in [0.15, 0.2) is 0 Å². The van der Waals surface area contributed by atoms with E-state index < -0.39 is 5.60 Å². The highest BCUT2D eigenvalue weighted by molar-refractivity contribution is 7.18. The third-order valence-corrected chi connectivity index (χ3v) is 3.22. The Hall–Kier alpha value is -1.34. The molecule has 1 aromatic heterocycles. The number of aliphatic hydroxyl groups is 1. The molecule has 0 unspecified atom stereocenters. The lowest BCUT2D eigenvalue weighted by molar-refractivity contribution is 0.0371. The fourth-order valence-corrected chi connectivity index (χ4v) is 2.64. The molecule has 6 nitrogen and oxygen atoms in total. The number of likely N-dealkylation sites (N-methyl/N-ethyl adjacent to an activating group) is 1. The molecule has 0 radical (unpaired) electrons. The molecular formula is C12H22N4O2S. The third kappa shape index (κ3) is 4.68. The van der Waals surface area contributed by atoms with Crippen LogP contribution >= 0.6 is 11.3 Å². The van der Waals surface area contributed by atoms with E-state index in [9.17, 15) is 9.90 Å². The van der Waals surface area contributed by atoms with Crippen LogP contribution in [-0.4, -0.2) is 46.1 Å². The fraction of sp³-hybridized carbons (Fsp3) is 0.667. The summed E-state index contributed by atoms with van der Waals surface area (Å²) in [5.41, 5.74) is 4.83. The van der Waals surface area contributed by atoms with Gasteiger partial charge in [-0.25, -0.2) is 4.98 Å². The number of nitrogen functional groups attached to an aromatic ring is 1. The summed E-state index contributed by atoms with van der Waals surface area (Å²) in [6.07, 6.45) is 0. The number of anilines is 2. The highest BCUT2D eigenvalue weighted by atomic mass is 32.1. The summed E-state index contributed by atoms with van der Waals surface area (Å²) in [6.45, 7) is 7.51. The summed E-state index contributed by atoms with van der Waals surface area (Å²) in [5, 5.41) is 13.5. The molecule has 1 heterocycles. The number of hydrogen-bond donors (Lipinski definition) is 3. The molecule has 0 aromatic carbocycles. The van der Waals surface area contributed by atoms with Crippen molar-refractivity contribution in [1.82, 2.24) is 9.88 Å². The lowest BCUT2D eigenvalue weighted by Gasteiger charge is -2.25. The lowest BCUT2D eigenvalue weighted by Crippen LogP contribution is -2.39. The van der Waals surface area contributed by atoms with Crippen molar-refractivity contribution in [1.29, 1.82) is 0 Å². The van der Waals surface area contributed by atoms with Gasteiger partial charge in [-0.15, -0.1) is 0 Å². The number of nitrogens with zero attached hydrogens (tertiary/aromatic N) is 2. The quantitative estimate of drug-likeness (QED) is 0.761. The summed E-state index contributed by atoms with van der Waals surface area (Å²) in [6, 6.07) is 0.225. The lowest BCUT2D eigenvalue weighted by atomic mass is 10.1. The van der Waals surface area contributed by atoms with Crippen molar-refractivity contribution in [3.63, 3.8) is 0 Å². The molecule has 0 saturated carbocycles. The largest absolute Gasteiger partial charge is 0.389 e. The Labute approximate surface area is 117 Å². The average molecular weight is 286 g/mol. The van der Waals surface area contributed by atoms with E-state index in [4.69, 9.17) is 5.73 Å². The topological polar surface area (TPSA) is 91.5 Å². The first-order valence-corrected chi connectivity index (χ1v) is 6.92. The van der Waals surface area contributed by atoms with Crippen LogP contribution in [-0.2, 0) is 0 Å². The second-order valence-corrected chi connectivity index (χ2v) is 6.51. The summed E-state index contributed by atoms with van der Waals surface area (Å²) in [5.74, 6) is -0.00493. The molecule has 0 spiro atoms. The molecule has 1 aromatic rings. The average Bonchev–Trinajstić information content (AvgIpc) is 2.54. The predicted octanol–water partition coefficient (Wildman–Crippen LogP) is 1.39. The number of amides is 1. The number of rotatable bonds is 5. The second-order valence-electron chi connectivity index (χ2n) is 5.51. The Morgan fingerprint density at radius 2 is 2.16 bits per heavy atom. The normalized spacial score (nSPS) is 11.7. The van der Waals surface area contributed by atoms with Crippen molar-refractivity contribution < 1.29 is 9.90 Å². The standard InChI is InChI=1S/C12H22N4O2S/c1-7(2)14-11-15-9(13)8(19-11)10(17)16(5)6-12(3,4)18/h7,18H,6,13H2,1-5H3,(H,14,15). The smallest absolute Gasteiger partial charge is 0.267 e. The second kappa shape index (κ2) is 5.75. The monoisotopic (exact) mass is 286 g/mol. The van der Waals surface area contributed by atoms with Crippen molar-refractivity contribution in [2.75, 3.05) is 24.6 Å². The first-order valence-electron chi connectivity index (χ1n) is 6.11. The van der Waals surface area contributed by atoms with Crippen molar-refractivity contribution in [2.45, 2.75) is 39.3 Å². The van der Waals surface area contributed by atoms with Gasteiger partial charge in [-0.2, -0.15) is 0 Å². The summed E-state index contributed by atoms with van der Waals surface area (Å²) in [7, 11) is 1.63. The Morgan fingerprint density at radius 3 is 2.63 bits per heavy atom. The van der Waals surface area contributed by atoms with E-state index in [1.165, 1.54) is 16.2 Å². The molecule has 0 aliphatic heterocycles. The molecule has 0 saturated heterocycles. The minimum atomic E-state index is -0.942. The molecule has 1 rings (SSSR count). The van der Waals surface area contributed by atoms with Crippen LogP contribution in [0.4, 0.5) is 10.9 Å². The van der Waals surface area contributed by atoms with Gasteiger partial charge in [0.1, 0.15) is 10.7 Å². The van der Waals surface area contributed by atoms with E-state index in [-0.39, 0.29) is 24.3 Å². The summed E-state index contributed by atoms with van der Waals surface area (Å²) >= 11 is 1.23. The van der Waals surface area contributed by atoms with Gasteiger partial charge in [-0.05, 0) is 27.7 Å². The molecule has 19 heavy (non-hydrogen) atoms. The molecule has 0 bridgehead atoms. The number of nitrogens with one attached hydrogen (secondary N) is 1. The maximum Gasteiger partial charge on any atom is 0.267 e. The number of carbonyl (C=O) groups is 1. The van der Waals surface area contributed by atoms with Gasteiger partial charge in [0.2, 0.25) is 0 Å². The van der Waals surface area contributed by atoms with Crippen LogP contribution < -0.4 is 11.1 Å². The fourth-order valence-electron chi connectivity index (χ4n) is 1.62. The van der Waals surface area contributed by atoms with Gasteiger partial charge in [0.05, 0.1) is 5.60 Å². The van der Waals surface area contributed by atoms with Crippen LogP contribution in [0.3, 0.4) is 0 Å². The van der Waals surface area contributed by atoms with Crippen LogP contribution in [0, 0.1) is 0 Å². The van der Waals surface area contributed by atoms with Gasteiger partial charge in [-0.3, -0.25) is 4.79 Å². The van der Waals surface area contributed by atoms with Crippen LogP contribution in [0.25, 0.3) is 0 Å². The van der Waals surface area contributed by atoms with Gasteiger partial charge in [0, 0.05) is 19.6 Å². The minimum Gasteiger partial charge on any atom is -0.389 e. The van der Waals surface area contributed by atoms with E-state index >= 15 is 0 Å². The van der Waals surface area contributed by atoms with Crippen LogP contribution in [0.1, 0.15) is 37.4 Å². The number of hydrogen-bond acceptors (Lipinski definition) is 6. The summed E-state index contributed by atoms with van der Waals surface area (Å²) in [4.78, 5) is 18.2. The molecule has 0 aliphatic rings. The Bertz CT molecular complexity index is 451. The molecule has 0 aliphatic carbocycles. The van der Waals surface area contributed by atoms with Crippen molar-refractivity contribution in [3.8, 4) is 0 Å². The van der Waals surface area contributed by atoms with E-state index in [2.05, 4.69) is 10.3 Å². The Morgan fingerprint density at radius 1 is 1.58 bits per heavy atom. The molecule has 0 atom stereocenters. The highest BCUT2D eigenvalue weighted by Crippen LogP contribution is 2.26. The number of thiazole rings is 1. The SMILES string of the molecule is CC(C)Nc1nc(N)c(C(=O)N(C)CC(C)(C)O)s1. The van der Waals surface area contributed by atoms with Crippen molar-refractivity contribution in [2.24, 2.45) is 0 Å². The number of carbonyl (C=O) groups excluding carboxylic acids is 1. The number of aromatic nitrogens is 1. The van der Waals surface area contributed by atoms with E-state index in [1.807, 2.05) is 13.8 Å². The zero-order valence-electron chi connectivity index (χ0n) is 12.0. The predicted molar refractivity (Wildman–Crippen MR) is 78.5 cm³/mol.